The average molecular weight is 364 g/mol. The van der Waals surface area contributed by atoms with Crippen molar-refractivity contribution in [2.75, 3.05) is 13.4 Å². The number of ether oxygens (including phenoxy) is 1. The lowest BCUT2D eigenvalue weighted by atomic mass is 10.1. The molecule has 0 unspecified atom stereocenters. The molecule has 0 amide bonds. The van der Waals surface area contributed by atoms with Crippen molar-refractivity contribution in [2.24, 2.45) is 0 Å². The van der Waals surface area contributed by atoms with Gasteiger partial charge in [-0.15, -0.1) is 0 Å². The quantitative estimate of drug-likeness (QED) is 0.523. The Morgan fingerprint density at radius 1 is 1.23 bits per heavy atom. The van der Waals surface area contributed by atoms with Crippen LogP contribution < -0.4 is 10.3 Å². The van der Waals surface area contributed by atoms with Crippen molar-refractivity contribution in [3.8, 4) is 17.0 Å². The molecule has 26 heavy (non-hydrogen) atoms. The summed E-state index contributed by atoms with van der Waals surface area (Å²) < 4.78 is 6.75. The Labute approximate surface area is 154 Å². The first kappa shape index (κ1) is 16.5. The van der Waals surface area contributed by atoms with Gasteiger partial charge in [0.2, 0.25) is 5.88 Å². The number of aryl methyl sites for hydroxylation is 1. The second-order valence-corrected chi connectivity index (χ2v) is 6.54. The maximum atomic E-state index is 13.2. The molecule has 0 radical (unpaired) electrons. The molecule has 1 aliphatic rings. The van der Waals surface area contributed by atoms with Gasteiger partial charge < -0.3 is 4.74 Å². The van der Waals surface area contributed by atoms with Crippen LogP contribution in [0.25, 0.3) is 27.9 Å². The van der Waals surface area contributed by atoms with E-state index in [1.54, 1.807) is 23.9 Å². The van der Waals surface area contributed by atoms with E-state index in [2.05, 4.69) is 15.0 Å². The number of nitrogens with zero attached hydrogens (tertiary/aromatic N) is 4. The third-order valence-corrected chi connectivity index (χ3v) is 4.81. The predicted molar refractivity (Wildman–Crippen MR) is 104 cm³/mol. The number of pyridine rings is 2. The lowest BCUT2D eigenvalue weighted by Gasteiger charge is -2.17. The number of rotatable bonds is 4. The molecule has 0 N–H and O–H groups in total. The maximum Gasteiger partial charge on any atom is 0.264 e. The van der Waals surface area contributed by atoms with Crippen LogP contribution in [0.1, 0.15) is 5.69 Å². The molecule has 0 aliphatic heterocycles. The van der Waals surface area contributed by atoms with Crippen molar-refractivity contribution in [3.63, 3.8) is 0 Å². The molecule has 7 heteroatoms. The topological polar surface area (TPSA) is 69.9 Å². The van der Waals surface area contributed by atoms with Crippen molar-refractivity contribution in [1.29, 1.82) is 0 Å². The number of allylic oxidation sites excluding steroid dienone is 4. The van der Waals surface area contributed by atoms with Gasteiger partial charge in [-0.25, -0.2) is 15.0 Å². The predicted octanol–water partition coefficient (Wildman–Crippen LogP) is 3.30. The molecule has 0 atom stereocenters. The largest absolute Gasteiger partial charge is 0.481 e. The summed E-state index contributed by atoms with van der Waals surface area (Å²) in [4.78, 5) is 26.6. The van der Waals surface area contributed by atoms with Gasteiger partial charge in [0.25, 0.3) is 5.56 Å². The SMILES string of the molecule is COc1ccc(-c2cc3c(C)nc(SC)nc3n(C3=CC=C3)c2=O)cn1. The number of hydrogen-bond donors (Lipinski definition) is 0. The van der Waals surface area contributed by atoms with Crippen LogP contribution in [0, 0.1) is 6.92 Å². The molecule has 3 aromatic rings. The number of methoxy groups -OCH3 is 1. The van der Waals surface area contributed by atoms with E-state index in [1.807, 2.05) is 43.5 Å². The van der Waals surface area contributed by atoms with E-state index in [0.29, 0.717) is 22.2 Å². The number of thioether (sulfide) groups is 1. The minimum Gasteiger partial charge on any atom is -0.481 e. The minimum atomic E-state index is -0.134. The van der Waals surface area contributed by atoms with Crippen molar-refractivity contribution < 1.29 is 4.74 Å². The van der Waals surface area contributed by atoms with Crippen molar-refractivity contribution in [3.05, 3.63) is 58.7 Å². The highest BCUT2D eigenvalue weighted by molar-refractivity contribution is 7.98. The van der Waals surface area contributed by atoms with Crippen LogP contribution >= 0.6 is 11.8 Å². The van der Waals surface area contributed by atoms with Crippen LogP contribution in [0.4, 0.5) is 0 Å². The Hall–Kier alpha value is -2.93. The summed E-state index contributed by atoms with van der Waals surface area (Å²) in [5, 5.41) is 1.49. The Morgan fingerprint density at radius 3 is 2.62 bits per heavy atom. The van der Waals surface area contributed by atoms with Gasteiger partial charge in [-0.2, -0.15) is 0 Å². The van der Waals surface area contributed by atoms with E-state index in [0.717, 1.165) is 22.3 Å². The van der Waals surface area contributed by atoms with E-state index >= 15 is 0 Å². The first-order valence-corrected chi connectivity index (χ1v) is 9.22. The summed E-state index contributed by atoms with van der Waals surface area (Å²) in [5.41, 5.74) is 3.41. The molecule has 0 aromatic carbocycles. The summed E-state index contributed by atoms with van der Waals surface area (Å²) in [7, 11) is 1.56. The highest BCUT2D eigenvalue weighted by Crippen LogP contribution is 2.27. The van der Waals surface area contributed by atoms with E-state index in [1.165, 1.54) is 11.8 Å². The number of aromatic nitrogens is 4. The highest BCUT2D eigenvalue weighted by Gasteiger charge is 2.18. The second-order valence-electron chi connectivity index (χ2n) is 5.77. The van der Waals surface area contributed by atoms with Gasteiger partial charge in [-0.1, -0.05) is 17.8 Å². The normalized spacial score (nSPS) is 12.8. The van der Waals surface area contributed by atoms with Gasteiger partial charge in [0.05, 0.1) is 18.5 Å². The third kappa shape index (κ3) is 2.61. The zero-order chi connectivity index (χ0) is 18.3. The molecule has 3 heterocycles. The van der Waals surface area contributed by atoms with Gasteiger partial charge in [-0.05, 0) is 37.5 Å². The third-order valence-electron chi connectivity index (χ3n) is 4.26. The molecular formula is C19H16N4O2S. The second kappa shape index (κ2) is 6.42. The molecule has 6 nitrogen and oxygen atoms in total. The summed E-state index contributed by atoms with van der Waals surface area (Å²) in [5.74, 6) is 0.503. The molecule has 0 saturated carbocycles. The van der Waals surface area contributed by atoms with Crippen LogP contribution in [0.15, 0.2) is 52.6 Å². The fraction of sp³-hybridized carbons (Fsp3) is 0.158. The van der Waals surface area contributed by atoms with Crippen molar-refractivity contribution in [1.82, 2.24) is 19.5 Å². The number of fused-ring (bicyclic) bond motifs is 1. The smallest absolute Gasteiger partial charge is 0.264 e. The highest BCUT2D eigenvalue weighted by atomic mass is 32.2. The van der Waals surface area contributed by atoms with Crippen LogP contribution in [0.3, 0.4) is 0 Å². The van der Waals surface area contributed by atoms with Crippen molar-refractivity contribution >= 4 is 28.5 Å². The average Bonchev–Trinajstić information content (AvgIpc) is 2.62. The summed E-state index contributed by atoms with van der Waals surface area (Å²) in [6.07, 6.45) is 9.26. The van der Waals surface area contributed by atoms with E-state index in [4.69, 9.17) is 4.74 Å². The Bertz CT molecular complexity index is 1130. The molecule has 4 rings (SSSR count). The van der Waals surface area contributed by atoms with E-state index < -0.39 is 0 Å². The van der Waals surface area contributed by atoms with Gasteiger partial charge in [-0.3, -0.25) is 9.36 Å². The first-order chi connectivity index (χ1) is 12.6. The molecule has 0 spiro atoms. The van der Waals surface area contributed by atoms with Crippen LogP contribution in [0.5, 0.6) is 5.88 Å². The number of hydrogen-bond acceptors (Lipinski definition) is 6. The van der Waals surface area contributed by atoms with Crippen molar-refractivity contribution in [2.45, 2.75) is 12.1 Å². The molecule has 3 aromatic heterocycles. The summed E-state index contributed by atoms with van der Waals surface area (Å²) in [6, 6.07) is 5.42. The van der Waals surface area contributed by atoms with E-state index in [-0.39, 0.29) is 5.56 Å². The zero-order valence-electron chi connectivity index (χ0n) is 14.6. The summed E-state index contributed by atoms with van der Waals surface area (Å²) >= 11 is 1.46. The standard InChI is InChI=1S/C19H16N4O2S/c1-11-14-9-15(12-7-8-16(25-2)20-10-12)18(24)23(13-5-4-6-13)17(14)22-19(21-11)26-3/h4-10H,1-3H3. The minimum absolute atomic E-state index is 0.134. The fourth-order valence-electron chi connectivity index (χ4n) is 2.83. The fourth-order valence-corrected chi connectivity index (χ4v) is 3.24. The monoisotopic (exact) mass is 364 g/mol. The van der Waals surface area contributed by atoms with Crippen LogP contribution in [0.2, 0.25) is 0 Å². The van der Waals surface area contributed by atoms with Gasteiger partial charge in [0.15, 0.2) is 10.8 Å². The van der Waals surface area contributed by atoms with Gasteiger partial charge >= 0.3 is 0 Å². The Morgan fingerprint density at radius 2 is 2.04 bits per heavy atom. The first-order valence-electron chi connectivity index (χ1n) is 8.00. The molecule has 0 bridgehead atoms. The van der Waals surface area contributed by atoms with Crippen LogP contribution in [-0.2, 0) is 0 Å². The lowest BCUT2D eigenvalue weighted by Crippen LogP contribution is -2.23. The maximum absolute atomic E-state index is 13.2. The molecule has 0 fully saturated rings. The Kier molecular flexibility index (Phi) is 4.08. The molecule has 130 valence electrons. The Balaban J connectivity index is 2.04. The van der Waals surface area contributed by atoms with Crippen LogP contribution in [-0.4, -0.2) is 32.9 Å². The molecule has 0 saturated heterocycles. The van der Waals surface area contributed by atoms with Gasteiger partial charge in [0, 0.05) is 28.8 Å². The van der Waals surface area contributed by atoms with Gasteiger partial charge in [0.1, 0.15) is 0 Å². The zero-order valence-corrected chi connectivity index (χ0v) is 15.4. The molecule has 1 aliphatic carbocycles. The molecular weight excluding hydrogens is 348 g/mol. The summed E-state index contributed by atoms with van der Waals surface area (Å²) in [6.45, 7) is 1.93. The van der Waals surface area contributed by atoms with E-state index in [9.17, 15) is 4.79 Å². The lowest BCUT2D eigenvalue weighted by molar-refractivity contribution is 0.398.